The molecule has 0 aliphatic rings. The first-order valence-corrected chi connectivity index (χ1v) is 12.0. The molecule has 0 spiro atoms. The van der Waals surface area contributed by atoms with Crippen molar-refractivity contribution < 1.29 is 14.1 Å². The van der Waals surface area contributed by atoms with Crippen LogP contribution in [0.2, 0.25) is 0 Å². The molecule has 1 heterocycles. The summed E-state index contributed by atoms with van der Waals surface area (Å²) in [4.78, 5) is 16.2. The smallest absolute Gasteiger partial charge is 0.410 e. The van der Waals surface area contributed by atoms with Crippen LogP contribution in [0, 0.1) is 0 Å². The van der Waals surface area contributed by atoms with Gasteiger partial charge in [0, 0.05) is 34.7 Å². The molecule has 0 saturated carbocycles. The van der Waals surface area contributed by atoms with Gasteiger partial charge in [0.2, 0.25) is 0 Å². The number of hydrogen-bond acceptors (Lipinski definition) is 5. The highest BCUT2D eigenvalue weighted by Crippen LogP contribution is 2.34. The van der Waals surface area contributed by atoms with Crippen molar-refractivity contribution in [3.8, 4) is 10.4 Å². The number of rotatable bonds is 6. The lowest BCUT2D eigenvalue weighted by molar-refractivity contribution is 0.0285. The number of carbonyl (C=O) groups is 1. The average molecular weight is 451 g/mol. The molecule has 0 fully saturated rings. The molecule has 1 N–H and O–H groups in total. The number of amides is 1. The topological polar surface area (TPSA) is 64.6 Å². The van der Waals surface area contributed by atoms with Gasteiger partial charge in [0.15, 0.2) is 0 Å². The number of ether oxygens (including phenoxy) is 1. The number of carbonyl (C=O) groups excluding carboxylic acids is 1. The van der Waals surface area contributed by atoms with Crippen molar-refractivity contribution >= 4 is 28.8 Å². The summed E-state index contributed by atoms with van der Waals surface area (Å²) in [6.45, 7) is 14.0. The van der Waals surface area contributed by atoms with Crippen LogP contribution in [-0.4, -0.2) is 32.9 Å². The lowest BCUT2D eigenvalue weighted by atomic mass is 10.1. The molecule has 0 bridgehead atoms. The summed E-state index contributed by atoms with van der Waals surface area (Å²) in [5, 5.41) is 0. The molecule has 0 aliphatic heterocycles. The summed E-state index contributed by atoms with van der Waals surface area (Å²) in [7, 11) is 1.75. The Morgan fingerprint density at radius 1 is 1.17 bits per heavy atom. The maximum absolute atomic E-state index is 12.4. The Labute approximate surface area is 188 Å². The minimum absolute atomic E-state index is 0.0135. The number of nitrogens with one attached hydrogen (secondary N) is 1. The van der Waals surface area contributed by atoms with Crippen LogP contribution < -0.4 is 4.72 Å². The van der Waals surface area contributed by atoms with Gasteiger partial charge in [-0.05, 0) is 71.7 Å². The van der Waals surface area contributed by atoms with Crippen LogP contribution >= 0.6 is 11.3 Å². The number of benzene rings is 1. The molecule has 0 aliphatic carbocycles. The molecule has 2 rings (SSSR count). The monoisotopic (exact) mass is 450 g/mol. The normalized spacial score (nSPS) is 14.3. The zero-order chi connectivity index (χ0) is 22.7. The van der Waals surface area contributed by atoms with Crippen LogP contribution in [0.25, 0.3) is 10.4 Å². The zero-order valence-corrected chi connectivity index (χ0v) is 20.9. The van der Waals surface area contributed by atoms with Gasteiger partial charge < -0.3 is 14.2 Å². The van der Waals surface area contributed by atoms with Crippen LogP contribution in [0.5, 0.6) is 0 Å². The summed E-state index contributed by atoms with van der Waals surface area (Å²) in [6, 6.07) is 12.2. The minimum Gasteiger partial charge on any atom is -0.598 e. The fourth-order valence-corrected chi connectivity index (χ4v) is 4.63. The Bertz CT molecular complexity index is 853. The first-order chi connectivity index (χ1) is 13.8. The summed E-state index contributed by atoms with van der Waals surface area (Å²) in [5.74, 6) is 0. The number of hydrogen-bond donors (Lipinski definition) is 1. The highest BCUT2D eigenvalue weighted by atomic mass is 32.2. The standard InChI is InChI=1S/C23H34N2O3S2/c1-16(24-30(27)23(5,6)7)19-13-14-20(29-19)18-12-10-9-11-17(18)15-25(8)21(26)28-22(2,3)4/h9-14,16,24H,15H2,1-8H3/t16-,30?/m1/s1. The van der Waals surface area contributed by atoms with Crippen molar-refractivity contribution in [1.29, 1.82) is 0 Å². The molecular weight excluding hydrogens is 416 g/mol. The molecule has 7 heteroatoms. The van der Waals surface area contributed by atoms with Gasteiger partial charge in [-0.1, -0.05) is 24.3 Å². The fourth-order valence-electron chi connectivity index (χ4n) is 2.68. The van der Waals surface area contributed by atoms with Gasteiger partial charge in [-0.15, -0.1) is 16.1 Å². The SMILES string of the molecule is C[C@@H](N[S+]([O-])C(C)(C)C)c1ccc(-c2ccccc2CN(C)C(=O)OC(C)(C)C)s1. The summed E-state index contributed by atoms with van der Waals surface area (Å²) < 4.78 is 20.8. The van der Waals surface area contributed by atoms with Crippen molar-refractivity contribution in [2.75, 3.05) is 7.05 Å². The third-order valence-electron chi connectivity index (χ3n) is 4.29. The van der Waals surface area contributed by atoms with Crippen LogP contribution in [0.3, 0.4) is 0 Å². The third-order valence-corrected chi connectivity index (χ3v) is 7.27. The fraction of sp³-hybridized carbons (Fsp3) is 0.522. The largest absolute Gasteiger partial charge is 0.598 e. The molecule has 30 heavy (non-hydrogen) atoms. The second-order valence-electron chi connectivity index (χ2n) is 9.42. The van der Waals surface area contributed by atoms with Gasteiger partial charge in [0.05, 0.1) is 6.04 Å². The second kappa shape index (κ2) is 9.73. The molecule has 2 atom stereocenters. The van der Waals surface area contributed by atoms with Crippen molar-refractivity contribution in [3.63, 3.8) is 0 Å². The van der Waals surface area contributed by atoms with E-state index in [4.69, 9.17) is 4.74 Å². The van der Waals surface area contributed by atoms with E-state index in [0.29, 0.717) is 6.54 Å². The molecule has 0 saturated heterocycles. The molecule has 1 aromatic heterocycles. The Morgan fingerprint density at radius 3 is 2.40 bits per heavy atom. The van der Waals surface area contributed by atoms with Crippen LogP contribution in [0.4, 0.5) is 4.79 Å². The third kappa shape index (κ3) is 7.01. The molecule has 0 radical (unpaired) electrons. The Hall–Kier alpha value is -1.54. The molecule has 1 unspecified atom stereocenters. The van der Waals surface area contributed by atoms with Gasteiger partial charge in [-0.25, -0.2) is 4.79 Å². The van der Waals surface area contributed by atoms with Crippen molar-refractivity contribution in [2.24, 2.45) is 0 Å². The Balaban J connectivity index is 2.17. The van der Waals surface area contributed by atoms with Crippen LogP contribution in [0.1, 0.15) is 64.9 Å². The van der Waals surface area contributed by atoms with E-state index in [0.717, 1.165) is 20.9 Å². The van der Waals surface area contributed by atoms with E-state index >= 15 is 0 Å². The van der Waals surface area contributed by atoms with E-state index in [1.165, 1.54) is 0 Å². The lowest BCUT2D eigenvalue weighted by Crippen LogP contribution is -2.40. The minimum atomic E-state index is -1.13. The summed E-state index contributed by atoms with van der Waals surface area (Å²) in [5.41, 5.74) is 1.62. The number of nitrogens with zero attached hydrogens (tertiary/aromatic N) is 1. The van der Waals surface area contributed by atoms with Gasteiger partial charge >= 0.3 is 6.09 Å². The van der Waals surface area contributed by atoms with E-state index < -0.39 is 17.0 Å². The van der Waals surface area contributed by atoms with Gasteiger partial charge in [0.25, 0.3) is 0 Å². The second-order valence-corrected chi connectivity index (χ2v) is 12.5. The maximum atomic E-state index is 12.4. The lowest BCUT2D eigenvalue weighted by Gasteiger charge is -2.26. The van der Waals surface area contributed by atoms with E-state index in [9.17, 15) is 9.35 Å². The van der Waals surface area contributed by atoms with E-state index in [2.05, 4.69) is 22.9 Å². The number of thiophene rings is 1. The quantitative estimate of drug-likeness (QED) is 0.557. The van der Waals surface area contributed by atoms with Gasteiger partial charge in [-0.3, -0.25) is 0 Å². The zero-order valence-electron chi connectivity index (χ0n) is 19.2. The molecular formula is C23H34N2O3S2. The molecule has 1 aromatic carbocycles. The summed E-state index contributed by atoms with van der Waals surface area (Å²) >= 11 is 0.544. The maximum Gasteiger partial charge on any atom is 0.410 e. The van der Waals surface area contributed by atoms with E-state index in [1.54, 1.807) is 23.3 Å². The first-order valence-electron chi connectivity index (χ1n) is 10.1. The van der Waals surface area contributed by atoms with Crippen LogP contribution in [0.15, 0.2) is 36.4 Å². The van der Waals surface area contributed by atoms with Crippen molar-refractivity contribution in [2.45, 2.75) is 71.4 Å². The van der Waals surface area contributed by atoms with Gasteiger partial charge in [0.1, 0.15) is 10.3 Å². The Morgan fingerprint density at radius 2 is 1.80 bits per heavy atom. The van der Waals surface area contributed by atoms with E-state index in [-0.39, 0.29) is 16.9 Å². The van der Waals surface area contributed by atoms with Gasteiger partial charge in [-0.2, -0.15) is 0 Å². The Kier molecular flexibility index (Phi) is 8.02. The van der Waals surface area contributed by atoms with Crippen molar-refractivity contribution in [3.05, 3.63) is 46.8 Å². The first kappa shape index (κ1) is 24.7. The molecule has 5 nitrogen and oxygen atoms in total. The summed E-state index contributed by atoms with van der Waals surface area (Å²) in [6.07, 6.45) is -0.341. The molecule has 2 aromatic rings. The van der Waals surface area contributed by atoms with E-state index in [1.807, 2.05) is 66.7 Å². The molecule has 1 amide bonds. The van der Waals surface area contributed by atoms with Crippen LogP contribution in [-0.2, 0) is 22.6 Å². The highest BCUT2D eigenvalue weighted by molar-refractivity contribution is 7.90. The predicted octanol–water partition coefficient (Wildman–Crippen LogP) is 5.89. The molecule has 166 valence electrons. The average Bonchev–Trinajstić information content (AvgIpc) is 3.09. The van der Waals surface area contributed by atoms with Crippen molar-refractivity contribution in [1.82, 2.24) is 9.62 Å². The predicted molar refractivity (Wildman–Crippen MR) is 127 cm³/mol. The highest BCUT2D eigenvalue weighted by Gasteiger charge is 2.29.